The van der Waals surface area contributed by atoms with Gasteiger partial charge in [-0.3, -0.25) is 14.6 Å². The SMILES string of the molecule is CC(C)NC(=O)C(C)N1CCN(Cc2ccccc2)CC1. The third-order valence-corrected chi connectivity index (χ3v) is 4.01. The van der Waals surface area contributed by atoms with Gasteiger partial charge in [0.05, 0.1) is 6.04 Å². The minimum atomic E-state index is -0.0359. The zero-order chi connectivity index (χ0) is 15.2. The number of carbonyl (C=O) groups is 1. The van der Waals surface area contributed by atoms with Crippen LogP contribution >= 0.6 is 0 Å². The van der Waals surface area contributed by atoms with Crippen LogP contribution < -0.4 is 5.32 Å². The summed E-state index contributed by atoms with van der Waals surface area (Å²) in [7, 11) is 0. The summed E-state index contributed by atoms with van der Waals surface area (Å²) in [5.41, 5.74) is 1.36. The van der Waals surface area contributed by atoms with Crippen LogP contribution in [-0.4, -0.2) is 54.0 Å². The number of piperazine rings is 1. The van der Waals surface area contributed by atoms with Crippen molar-refractivity contribution in [3.63, 3.8) is 0 Å². The fraction of sp³-hybridized carbons (Fsp3) is 0.588. The van der Waals surface area contributed by atoms with Crippen molar-refractivity contribution in [1.29, 1.82) is 0 Å². The highest BCUT2D eigenvalue weighted by Crippen LogP contribution is 2.10. The molecule has 1 heterocycles. The standard InChI is InChI=1S/C17H27N3O/c1-14(2)18-17(21)15(3)20-11-9-19(10-12-20)13-16-7-5-4-6-8-16/h4-8,14-15H,9-13H2,1-3H3,(H,18,21). The third kappa shape index (κ3) is 4.83. The second-order valence-electron chi connectivity index (χ2n) is 6.14. The number of benzene rings is 1. The summed E-state index contributed by atoms with van der Waals surface area (Å²) in [5.74, 6) is 0.140. The molecule has 1 aliphatic rings. The fourth-order valence-corrected chi connectivity index (χ4v) is 2.72. The first-order valence-corrected chi connectivity index (χ1v) is 7.87. The maximum atomic E-state index is 12.1. The van der Waals surface area contributed by atoms with Crippen molar-refractivity contribution < 1.29 is 4.79 Å². The second kappa shape index (κ2) is 7.57. The number of amides is 1. The molecule has 1 aromatic carbocycles. The summed E-state index contributed by atoms with van der Waals surface area (Å²) in [5, 5.41) is 3.00. The van der Waals surface area contributed by atoms with E-state index in [9.17, 15) is 4.79 Å². The van der Waals surface area contributed by atoms with Crippen LogP contribution in [0, 0.1) is 0 Å². The molecule has 116 valence electrons. The largest absolute Gasteiger partial charge is 0.353 e. The molecule has 0 bridgehead atoms. The molecule has 1 aromatic rings. The van der Waals surface area contributed by atoms with Crippen molar-refractivity contribution in [2.45, 2.75) is 39.4 Å². The maximum Gasteiger partial charge on any atom is 0.237 e. The molecule has 21 heavy (non-hydrogen) atoms. The van der Waals surface area contributed by atoms with Crippen molar-refractivity contribution in [3.05, 3.63) is 35.9 Å². The smallest absolute Gasteiger partial charge is 0.237 e. The average Bonchev–Trinajstić information content (AvgIpc) is 2.47. The van der Waals surface area contributed by atoms with E-state index in [-0.39, 0.29) is 18.0 Å². The Hall–Kier alpha value is -1.39. The summed E-state index contributed by atoms with van der Waals surface area (Å²) in [4.78, 5) is 16.8. The van der Waals surface area contributed by atoms with Crippen LogP contribution in [0.1, 0.15) is 26.3 Å². The van der Waals surface area contributed by atoms with Gasteiger partial charge in [0, 0.05) is 38.8 Å². The van der Waals surface area contributed by atoms with Crippen molar-refractivity contribution in [1.82, 2.24) is 15.1 Å². The van der Waals surface area contributed by atoms with Crippen LogP contribution in [-0.2, 0) is 11.3 Å². The van der Waals surface area contributed by atoms with Gasteiger partial charge < -0.3 is 5.32 Å². The van der Waals surface area contributed by atoms with E-state index in [4.69, 9.17) is 0 Å². The zero-order valence-electron chi connectivity index (χ0n) is 13.4. The number of carbonyl (C=O) groups excluding carboxylic acids is 1. The predicted octanol–water partition coefficient (Wildman–Crippen LogP) is 1.72. The molecule has 1 aliphatic heterocycles. The quantitative estimate of drug-likeness (QED) is 0.896. The lowest BCUT2D eigenvalue weighted by atomic mass is 10.1. The Bertz CT molecular complexity index is 439. The van der Waals surface area contributed by atoms with Gasteiger partial charge >= 0.3 is 0 Å². The van der Waals surface area contributed by atoms with E-state index < -0.39 is 0 Å². The summed E-state index contributed by atoms with van der Waals surface area (Å²) < 4.78 is 0. The summed E-state index contributed by atoms with van der Waals surface area (Å²) in [6.45, 7) is 11.0. The topological polar surface area (TPSA) is 35.6 Å². The Morgan fingerprint density at radius 3 is 2.29 bits per heavy atom. The molecule has 1 unspecified atom stereocenters. The normalized spacial score (nSPS) is 18.7. The molecule has 1 amide bonds. The molecule has 4 nitrogen and oxygen atoms in total. The lowest BCUT2D eigenvalue weighted by Gasteiger charge is -2.37. The van der Waals surface area contributed by atoms with Crippen LogP contribution in [0.5, 0.6) is 0 Å². The first-order chi connectivity index (χ1) is 10.1. The van der Waals surface area contributed by atoms with Crippen LogP contribution in [0.15, 0.2) is 30.3 Å². The van der Waals surface area contributed by atoms with Gasteiger partial charge in [0.25, 0.3) is 0 Å². The van der Waals surface area contributed by atoms with E-state index in [1.165, 1.54) is 5.56 Å². The minimum Gasteiger partial charge on any atom is -0.353 e. The lowest BCUT2D eigenvalue weighted by molar-refractivity contribution is -0.127. The number of rotatable bonds is 5. The number of nitrogens with zero attached hydrogens (tertiary/aromatic N) is 2. The van der Waals surface area contributed by atoms with Gasteiger partial charge in [0.2, 0.25) is 5.91 Å². The van der Waals surface area contributed by atoms with Gasteiger partial charge in [0.1, 0.15) is 0 Å². The first kappa shape index (κ1) is 16.0. The Morgan fingerprint density at radius 1 is 1.10 bits per heavy atom. The molecular formula is C17H27N3O. The summed E-state index contributed by atoms with van der Waals surface area (Å²) in [6.07, 6.45) is 0. The lowest BCUT2D eigenvalue weighted by Crippen LogP contribution is -2.54. The van der Waals surface area contributed by atoms with E-state index in [2.05, 4.69) is 45.4 Å². The van der Waals surface area contributed by atoms with Crippen LogP contribution in [0.25, 0.3) is 0 Å². The number of nitrogens with one attached hydrogen (secondary N) is 1. The highest BCUT2D eigenvalue weighted by molar-refractivity contribution is 5.81. The maximum absolute atomic E-state index is 12.1. The van der Waals surface area contributed by atoms with Crippen LogP contribution in [0.3, 0.4) is 0 Å². The highest BCUT2D eigenvalue weighted by atomic mass is 16.2. The van der Waals surface area contributed by atoms with E-state index >= 15 is 0 Å². The van der Waals surface area contributed by atoms with E-state index in [0.717, 1.165) is 32.7 Å². The number of hydrogen-bond donors (Lipinski definition) is 1. The van der Waals surface area contributed by atoms with Crippen LogP contribution in [0.4, 0.5) is 0 Å². The van der Waals surface area contributed by atoms with Crippen LogP contribution in [0.2, 0.25) is 0 Å². The highest BCUT2D eigenvalue weighted by Gasteiger charge is 2.25. The fourth-order valence-electron chi connectivity index (χ4n) is 2.72. The van der Waals surface area contributed by atoms with Gasteiger partial charge in [-0.25, -0.2) is 0 Å². The molecule has 1 saturated heterocycles. The van der Waals surface area contributed by atoms with Gasteiger partial charge in [-0.1, -0.05) is 30.3 Å². The second-order valence-corrected chi connectivity index (χ2v) is 6.14. The van der Waals surface area contributed by atoms with Crippen molar-refractivity contribution in [3.8, 4) is 0 Å². The Morgan fingerprint density at radius 2 is 1.71 bits per heavy atom. The molecule has 4 heteroatoms. The number of hydrogen-bond acceptors (Lipinski definition) is 3. The monoisotopic (exact) mass is 289 g/mol. The van der Waals surface area contributed by atoms with Gasteiger partial charge in [-0.05, 0) is 26.3 Å². The van der Waals surface area contributed by atoms with Crippen molar-refractivity contribution >= 4 is 5.91 Å². The Balaban J connectivity index is 1.79. The average molecular weight is 289 g/mol. The van der Waals surface area contributed by atoms with Crippen molar-refractivity contribution in [2.75, 3.05) is 26.2 Å². The van der Waals surface area contributed by atoms with E-state index in [0.29, 0.717) is 0 Å². The molecule has 1 N–H and O–H groups in total. The molecule has 2 rings (SSSR count). The molecule has 1 atom stereocenters. The molecule has 0 spiro atoms. The Labute approximate surface area is 128 Å². The van der Waals surface area contributed by atoms with Gasteiger partial charge in [-0.15, -0.1) is 0 Å². The summed E-state index contributed by atoms with van der Waals surface area (Å²) >= 11 is 0. The molecule has 0 aliphatic carbocycles. The molecule has 0 saturated carbocycles. The zero-order valence-corrected chi connectivity index (χ0v) is 13.4. The minimum absolute atomic E-state index is 0.0359. The first-order valence-electron chi connectivity index (χ1n) is 7.87. The third-order valence-electron chi connectivity index (χ3n) is 4.01. The molecule has 1 fully saturated rings. The van der Waals surface area contributed by atoms with E-state index in [1.54, 1.807) is 0 Å². The Kier molecular flexibility index (Phi) is 5.76. The van der Waals surface area contributed by atoms with Crippen molar-refractivity contribution in [2.24, 2.45) is 0 Å². The molecule has 0 radical (unpaired) electrons. The van der Waals surface area contributed by atoms with E-state index in [1.807, 2.05) is 20.8 Å². The molecule has 0 aromatic heterocycles. The summed E-state index contributed by atoms with van der Waals surface area (Å²) in [6, 6.07) is 10.7. The predicted molar refractivity (Wildman–Crippen MR) is 86.0 cm³/mol. The molecular weight excluding hydrogens is 262 g/mol. The van der Waals surface area contributed by atoms with Gasteiger partial charge in [0.15, 0.2) is 0 Å². The van der Waals surface area contributed by atoms with Gasteiger partial charge in [-0.2, -0.15) is 0 Å².